The van der Waals surface area contributed by atoms with E-state index in [1.165, 1.54) is 0 Å². The van der Waals surface area contributed by atoms with Gasteiger partial charge in [0.05, 0.1) is 10.9 Å². The number of aromatic nitrogens is 1. The molecule has 0 spiro atoms. The molecule has 0 bridgehead atoms. The van der Waals surface area contributed by atoms with E-state index in [1.807, 2.05) is 19.1 Å². The minimum Gasteiger partial charge on any atom is -0.408 e. The van der Waals surface area contributed by atoms with E-state index in [0.29, 0.717) is 16.8 Å². The van der Waals surface area contributed by atoms with Crippen molar-refractivity contribution < 1.29 is 4.42 Å². The lowest BCUT2D eigenvalue weighted by molar-refractivity contribution is 0.467. The standard InChI is InChI=1S/C10H9NO2/c1-6-3-4-9-8(5-6)10(12)13-7(2)11-9/h3-5H,1-2H3. The highest BCUT2D eigenvalue weighted by molar-refractivity contribution is 5.77. The summed E-state index contributed by atoms with van der Waals surface area (Å²) in [5, 5.41) is 0.547. The fraction of sp³-hybridized carbons (Fsp3) is 0.200. The number of nitrogens with zero attached hydrogens (tertiary/aromatic N) is 1. The van der Waals surface area contributed by atoms with Crippen molar-refractivity contribution in [3.05, 3.63) is 40.1 Å². The summed E-state index contributed by atoms with van der Waals surface area (Å²) in [5.74, 6) is 0.404. The summed E-state index contributed by atoms with van der Waals surface area (Å²) >= 11 is 0. The first kappa shape index (κ1) is 7.98. The minimum absolute atomic E-state index is 0.314. The summed E-state index contributed by atoms with van der Waals surface area (Å²) in [6.07, 6.45) is 0. The highest BCUT2D eigenvalue weighted by Gasteiger charge is 2.02. The van der Waals surface area contributed by atoms with Crippen LogP contribution in [-0.2, 0) is 0 Å². The number of fused-ring (bicyclic) bond motifs is 1. The Balaban J connectivity index is 2.95. The van der Waals surface area contributed by atoms with Crippen molar-refractivity contribution in [3.8, 4) is 0 Å². The zero-order chi connectivity index (χ0) is 9.42. The minimum atomic E-state index is -0.314. The summed E-state index contributed by atoms with van der Waals surface area (Å²) in [5.41, 5.74) is 1.41. The molecule has 1 heterocycles. The summed E-state index contributed by atoms with van der Waals surface area (Å²) in [7, 11) is 0. The Bertz CT molecular complexity index is 514. The van der Waals surface area contributed by atoms with Gasteiger partial charge in [0.25, 0.3) is 0 Å². The fourth-order valence-electron chi connectivity index (χ4n) is 1.29. The van der Waals surface area contributed by atoms with E-state index in [1.54, 1.807) is 13.0 Å². The van der Waals surface area contributed by atoms with Gasteiger partial charge in [0, 0.05) is 6.92 Å². The smallest absolute Gasteiger partial charge is 0.346 e. The van der Waals surface area contributed by atoms with Gasteiger partial charge in [-0.25, -0.2) is 9.78 Å². The molecule has 1 aromatic heterocycles. The van der Waals surface area contributed by atoms with Crippen LogP contribution in [0.3, 0.4) is 0 Å². The van der Waals surface area contributed by atoms with E-state index in [2.05, 4.69) is 4.98 Å². The summed E-state index contributed by atoms with van der Waals surface area (Å²) in [6, 6.07) is 5.54. The van der Waals surface area contributed by atoms with Crippen LogP contribution < -0.4 is 5.63 Å². The molecule has 0 amide bonds. The van der Waals surface area contributed by atoms with Gasteiger partial charge in [0.15, 0.2) is 5.89 Å². The van der Waals surface area contributed by atoms with E-state index in [9.17, 15) is 4.79 Å². The van der Waals surface area contributed by atoms with Crippen LogP contribution in [0.2, 0.25) is 0 Å². The van der Waals surface area contributed by atoms with Crippen LogP contribution in [0.5, 0.6) is 0 Å². The second-order valence-corrected chi connectivity index (χ2v) is 3.04. The largest absolute Gasteiger partial charge is 0.408 e. The molecule has 0 fully saturated rings. The normalized spacial score (nSPS) is 10.6. The van der Waals surface area contributed by atoms with Crippen LogP contribution in [0.4, 0.5) is 0 Å². The molecule has 0 aliphatic carbocycles. The molecule has 0 aliphatic heterocycles. The number of hydrogen-bond acceptors (Lipinski definition) is 3. The zero-order valence-corrected chi connectivity index (χ0v) is 7.50. The fourth-order valence-corrected chi connectivity index (χ4v) is 1.29. The Morgan fingerprint density at radius 2 is 2.08 bits per heavy atom. The molecule has 2 aromatic rings. The third-order valence-corrected chi connectivity index (χ3v) is 1.89. The molecule has 3 heteroatoms. The predicted molar refractivity (Wildman–Crippen MR) is 49.8 cm³/mol. The van der Waals surface area contributed by atoms with E-state index >= 15 is 0 Å². The van der Waals surface area contributed by atoms with Gasteiger partial charge in [0.1, 0.15) is 0 Å². The maximum atomic E-state index is 11.3. The molecule has 0 saturated heterocycles. The van der Waals surface area contributed by atoms with E-state index in [0.717, 1.165) is 5.56 Å². The number of aryl methyl sites for hydroxylation is 2. The topological polar surface area (TPSA) is 43.1 Å². The van der Waals surface area contributed by atoms with Gasteiger partial charge in [-0.3, -0.25) is 0 Å². The van der Waals surface area contributed by atoms with Crippen LogP contribution in [0.15, 0.2) is 27.4 Å². The monoisotopic (exact) mass is 175 g/mol. The molecule has 0 radical (unpaired) electrons. The first-order valence-corrected chi connectivity index (χ1v) is 4.05. The van der Waals surface area contributed by atoms with Crippen LogP contribution in [0.1, 0.15) is 11.5 Å². The Labute approximate surface area is 75.0 Å². The number of rotatable bonds is 0. The van der Waals surface area contributed by atoms with E-state index < -0.39 is 0 Å². The molecule has 3 nitrogen and oxygen atoms in total. The third-order valence-electron chi connectivity index (χ3n) is 1.89. The maximum absolute atomic E-state index is 11.3. The quantitative estimate of drug-likeness (QED) is 0.613. The van der Waals surface area contributed by atoms with Crippen LogP contribution in [0, 0.1) is 13.8 Å². The molecule has 1 aromatic carbocycles. The van der Waals surface area contributed by atoms with Crippen molar-refractivity contribution >= 4 is 10.9 Å². The Kier molecular flexibility index (Phi) is 1.65. The Hall–Kier alpha value is -1.64. The lowest BCUT2D eigenvalue weighted by atomic mass is 10.2. The first-order chi connectivity index (χ1) is 6.16. The second kappa shape index (κ2) is 2.69. The second-order valence-electron chi connectivity index (χ2n) is 3.04. The summed E-state index contributed by atoms with van der Waals surface area (Å²) in [4.78, 5) is 15.5. The zero-order valence-electron chi connectivity index (χ0n) is 7.50. The average molecular weight is 175 g/mol. The van der Waals surface area contributed by atoms with Gasteiger partial charge in [-0.2, -0.15) is 0 Å². The van der Waals surface area contributed by atoms with Crippen LogP contribution >= 0.6 is 0 Å². The van der Waals surface area contributed by atoms with Gasteiger partial charge in [-0.05, 0) is 19.1 Å². The average Bonchev–Trinajstić information content (AvgIpc) is 2.06. The summed E-state index contributed by atoms with van der Waals surface area (Å²) < 4.78 is 4.88. The Morgan fingerprint density at radius 3 is 2.85 bits per heavy atom. The van der Waals surface area contributed by atoms with Crippen molar-refractivity contribution in [1.82, 2.24) is 4.98 Å². The Morgan fingerprint density at radius 1 is 1.31 bits per heavy atom. The van der Waals surface area contributed by atoms with Crippen LogP contribution in [-0.4, -0.2) is 4.98 Å². The molecule has 13 heavy (non-hydrogen) atoms. The van der Waals surface area contributed by atoms with Crippen molar-refractivity contribution in [2.24, 2.45) is 0 Å². The van der Waals surface area contributed by atoms with Crippen molar-refractivity contribution in [3.63, 3.8) is 0 Å². The molecule has 0 N–H and O–H groups in total. The number of benzene rings is 1. The van der Waals surface area contributed by atoms with Gasteiger partial charge in [-0.1, -0.05) is 11.6 Å². The van der Waals surface area contributed by atoms with E-state index in [4.69, 9.17) is 4.42 Å². The first-order valence-electron chi connectivity index (χ1n) is 4.05. The maximum Gasteiger partial charge on any atom is 0.346 e. The SMILES string of the molecule is Cc1ccc2nc(C)oc(=O)c2c1. The van der Waals surface area contributed by atoms with Gasteiger partial charge >= 0.3 is 5.63 Å². The van der Waals surface area contributed by atoms with E-state index in [-0.39, 0.29) is 5.63 Å². The molecule has 0 unspecified atom stereocenters. The molecule has 0 saturated carbocycles. The highest BCUT2D eigenvalue weighted by atomic mass is 16.4. The number of hydrogen-bond donors (Lipinski definition) is 0. The lowest BCUT2D eigenvalue weighted by Gasteiger charge is -1.97. The molecule has 0 atom stereocenters. The van der Waals surface area contributed by atoms with Crippen molar-refractivity contribution in [1.29, 1.82) is 0 Å². The van der Waals surface area contributed by atoms with Crippen molar-refractivity contribution in [2.75, 3.05) is 0 Å². The summed E-state index contributed by atoms with van der Waals surface area (Å²) in [6.45, 7) is 3.60. The predicted octanol–water partition coefficient (Wildman–Crippen LogP) is 1.80. The molecular weight excluding hydrogens is 166 g/mol. The third kappa shape index (κ3) is 1.33. The van der Waals surface area contributed by atoms with Gasteiger partial charge in [0.2, 0.25) is 0 Å². The molecule has 0 aliphatic rings. The van der Waals surface area contributed by atoms with Crippen molar-refractivity contribution in [2.45, 2.75) is 13.8 Å². The van der Waals surface area contributed by atoms with Gasteiger partial charge < -0.3 is 4.42 Å². The molecular formula is C10H9NO2. The van der Waals surface area contributed by atoms with Crippen LogP contribution in [0.25, 0.3) is 10.9 Å². The molecule has 66 valence electrons. The van der Waals surface area contributed by atoms with Gasteiger partial charge in [-0.15, -0.1) is 0 Å². The molecule has 2 rings (SSSR count). The lowest BCUT2D eigenvalue weighted by Crippen LogP contribution is -2.02. The highest BCUT2D eigenvalue weighted by Crippen LogP contribution is 2.09.